The van der Waals surface area contributed by atoms with Crippen LogP contribution in [0.1, 0.15) is 11.4 Å². The number of para-hydroxylation sites is 1. The highest BCUT2D eigenvalue weighted by Crippen LogP contribution is 2.13. The first-order valence-corrected chi connectivity index (χ1v) is 6.56. The summed E-state index contributed by atoms with van der Waals surface area (Å²) in [6.45, 7) is 2.18. The number of ether oxygens (including phenoxy) is 1. The Morgan fingerprint density at radius 1 is 1.38 bits per heavy atom. The molecule has 7 nitrogen and oxygen atoms in total. The molecule has 3 N–H and O–H groups in total. The zero-order valence-corrected chi connectivity index (χ0v) is 11.5. The van der Waals surface area contributed by atoms with E-state index in [4.69, 9.17) is 10.5 Å². The van der Waals surface area contributed by atoms with Crippen molar-refractivity contribution in [1.29, 1.82) is 0 Å². The average Bonchev–Trinajstić information content (AvgIpc) is 2.83. The van der Waals surface area contributed by atoms with Crippen molar-refractivity contribution >= 4 is 11.3 Å². The number of anilines is 1. The summed E-state index contributed by atoms with van der Waals surface area (Å²) >= 11 is 0. The summed E-state index contributed by atoms with van der Waals surface area (Å²) in [5, 5.41) is 6.28. The van der Waals surface area contributed by atoms with Gasteiger partial charge in [0.1, 0.15) is 5.82 Å². The first kappa shape index (κ1) is 13.2. The number of nitrogen functional groups attached to an aromatic ring is 1. The molecule has 108 valence electrons. The molecule has 0 bridgehead atoms. The molecule has 0 saturated carbocycles. The lowest BCUT2D eigenvalue weighted by molar-refractivity contribution is 0.308. The van der Waals surface area contributed by atoms with E-state index in [9.17, 15) is 4.79 Å². The van der Waals surface area contributed by atoms with E-state index in [-0.39, 0.29) is 5.69 Å². The van der Waals surface area contributed by atoms with E-state index in [1.54, 1.807) is 13.0 Å². The van der Waals surface area contributed by atoms with Crippen LogP contribution in [0.2, 0.25) is 0 Å². The summed E-state index contributed by atoms with van der Waals surface area (Å²) < 4.78 is 7.02. The van der Waals surface area contributed by atoms with Crippen LogP contribution in [0.4, 0.5) is 5.69 Å². The molecule has 1 aromatic carbocycles. The van der Waals surface area contributed by atoms with Crippen molar-refractivity contribution in [3.05, 3.63) is 52.2 Å². The molecule has 0 fully saturated rings. The van der Waals surface area contributed by atoms with E-state index >= 15 is 0 Å². The first-order chi connectivity index (χ1) is 10.1. The van der Waals surface area contributed by atoms with Crippen molar-refractivity contribution in [1.82, 2.24) is 19.6 Å². The molecular weight excluding hydrogens is 270 g/mol. The summed E-state index contributed by atoms with van der Waals surface area (Å²) in [5.41, 5.74) is 7.84. The highest BCUT2D eigenvalue weighted by atomic mass is 16.5. The standard InChI is InChI=1S/C14H15N5O2/c1-9-16-13(8-12-17-18-14(20)19(9)12)21-7-6-10-4-2-3-5-11(10)15/h2-5,8H,6-7,15H2,1H3,(H,18,20). The second kappa shape index (κ2) is 5.28. The first-order valence-electron chi connectivity index (χ1n) is 6.56. The van der Waals surface area contributed by atoms with Gasteiger partial charge in [0.05, 0.1) is 6.61 Å². The second-order valence-electron chi connectivity index (χ2n) is 4.66. The van der Waals surface area contributed by atoms with E-state index in [0.29, 0.717) is 30.4 Å². The molecule has 2 aromatic heterocycles. The molecule has 0 amide bonds. The predicted octanol–water partition coefficient (Wildman–Crippen LogP) is 0.930. The Balaban J connectivity index is 1.74. The SMILES string of the molecule is Cc1nc(OCCc2ccccc2N)cc2n[nH]c(=O)n12. The Morgan fingerprint density at radius 2 is 2.19 bits per heavy atom. The Hall–Kier alpha value is -2.83. The maximum Gasteiger partial charge on any atom is 0.349 e. The summed E-state index contributed by atoms with van der Waals surface area (Å²) in [4.78, 5) is 15.7. The molecule has 0 aliphatic carbocycles. The van der Waals surface area contributed by atoms with E-state index in [0.717, 1.165) is 11.3 Å². The zero-order valence-electron chi connectivity index (χ0n) is 11.5. The molecule has 3 aromatic rings. The van der Waals surface area contributed by atoms with Gasteiger partial charge in [0, 0.05) is 18.2 Å². The summed E-state index contributed by atoms with van der Waals surface area (Å²) in [6, 6.07) is 9.29. The Morgan fingerprint density at radius 3 is 3.00 bits per heavy atom. The highest BCUT2D eigenvalue weighted by Gasteiger charge is 2.07. The Labute approximate surface area is 120 Å². The monoisotopic (exact) mass is 285 g/mol. The van der Waals surface area contributed by atoms with Crippen molar-refractivity contribution < 1.29 is 4.74 Å². The minimum absolute atomic E-state index is 0.307. The maximum absolute atomic E-state index is 11.5. The van der Waals surface area contributed by atoms with Gasteiger partial charge in [0.2, 0.25) is 5.88 Å². The van der Waals surface area contributed by atoms with Crippen molar-refractivity contribution in [3.63, 3.8) is 0 Å². The number of nitrogens with zero attached hydrogens (tertiary/aromatic N) is 3. The fourth-order valence-electron chi connectivity index (χ4n) is 2.17. The molecular formula is C14H15N5O2. The second-order valence-corrected chi connectivity index (χ2v) is 4.66. The van der Waals surface area contributed by atoms with Gasteiger partial charge in [-0.15, -0.1) is 0 Å². The van der Waals surface area contributed by atoms with Crippen molar-refractivity contribution in [2.75, 3.05) is 12.3 Å². The molecule has 0 atom stereocenters. The number of hydrogen-bond donors (Lipinski definition) is 2. The zero-order chi connectivity index (χ0) is 14.8. The number of nitrogens with one attached hydrogen (secondary N) is 1. The van der Waals surface area contributed by atoms with E-state index in [2.05, 4.69) is 15.2 Å². The van der Waals surface area contributed by atoms with Crippen LogP contribution >= 0.6 is 0 Å². The van der Waals surface area contributed by atoms with Gasteiger partial charge in [0.25, 0.3) is 0 Å². The number of benzene rings is 1. The number of nitrogens with two attached hydrogens (primary N) is 1. The van der Waals surface area contributed by atoms with Gasteiger partial charge < -0.3 is 10.5 Å². The van der Waals surface area contributed by atoms with Gasteiger partial charge >= 0.3 is 5.69 Å². The number of rotatable bonds is 4. The van der Waals surface area contributed by atoms with Crippen molar-refractivity contribution in [2.45, 2.75) is 13.3 Å². The normalized spacial score (nSPS) is 10.9. The third kappa shape index (κ3) is 2.58. The maximum atomic E-state index is 11.5. The Kier molecular flexibility index (Phi) is 3.31. The minimum atomic E-state index is -0.307. The van der Waals surface area contributed by atoms with Crippen LogP contribution in [-0.2, 0) is 6.42 Å². The van der Waals surface area contributed by atoms with Crippen molar-refractivity contribution in [2.24, 2.45) is 0 Å². The van der Waals surface area contributed by atoms with E-state index < -0.39 is 0 Å². The topological polar surface area (TPSA) is 98.3 Å². The lowest BCUT2D eigenvalue weighted by atomic mass is 10.1. The average molecular weight is 285 g/mol. The van der Waals surface area contributed by atoms with Gasteiger partial charge in [-0.25, -0.2) is 14.3 Å². The highest BCUT2D eigenvalue weighted by molar-refractivity contribution is 5.46. The van der Waals surface area contributed by atoms with Gasteiger partial charge in [-0.1, -0.05) is 18.2 Å². The van der Waals surface area contributed by atoms with Gasteiger partial charge in [-0.3, -0.25) is 0 Å². The van der Waals surface area contributed by atoms with Crippen LogP contribution in [0.25, 0.3) is 5.65 Å². The molecule has 0 unspecified atom stereocenters. The Bertz CT molecular complexity index is 837. The number of fused-ring (bicyclic) bond motifs is 1. The quantitative estimate of drug-likeness (QED) is 0.695. The van der Waals surface area contributed by atoms with Crippen LogP contribution in [-0.4, -0.2) is 26.2 Å². The van der Waals surface area contributed by atoms with Crippen LogP contribution in [0, 0.1) is 6.92 Å². The largest absolute Gasteiger partial charge is 0.477 e. The number of aromatic amines is 1. The molecule has 0 aliphatic heterocycles. The van der Waals surface area contributed by atoms with Gasteiger partial charge in [-0.2, -0.15) is 10.1 Å². The van der Waals surface area contributed by atoms with Crippen LogP contribution in [0.3, 0.4) is 0 Å². The lowest BCUT2D eigenvalue weighted by Gasteiger charge is -2.08. The van der Waals surface area contributed by atoms with E-state index in [1.165, 1.54) is 4.40 Å². The van der Waals surface area contributed by atoms with E-state index in [1.807, 2.05) is 24.3 Å². The van der Waals surface area contributed by atoms with Crippen LogP contribution < -0.4 is 16.2 Å². The molecule has 0 radical (unpaired) electrons. The number of aryl methyl sites for hydroxylation is 1. The molecule has 21 heavy (non-hydrogen) atoms. The van der Waals surface area contributed by atoms with Gasteiger partial charge in [0.15, 0.2) is 5.65 Å². The molecule has 0 aliphatic rings. The van der Waals surface area contributed by atoms with Crippen molar-refractivity contribution in [3.8, 4) is 5.88 Å². The lowest BCUT2D eigenvalue weighted by Crippen LogP contribution is -2.14. The third-order valence-electron chi connectivity index (χ3n) is 3.22. The fourth-order valence-corrected chi connectivity index (χ4v) is 2.17. The molecule has 7 heteroatoms. The smallest absolute Gasteiger partial charge is 0.349 e. The summed E-state index contributed by atoms with van der Waals surface area (Å²) in [6.07, 6.45) is 0.686. The van der Waals surface area contributed by atoms with Crippen LogP contribution in [0.15, 0.2) is 35.1 Å². The number of aromatic nitrogens is 4. The third-order valence-corrected chi connectivity index (χ3v) is 3.22. The molecule has 2 heterocycles. The fraction of sp³-hybridized carbons (Fsp3) is 0.214. The molecule has 3 rings (SSSR count). The summed E-state index contributed by atoms with van der Waals surface area (Å²) in [7, 11) is 0. The minimum Gasteiger partial charge on any atom is -0.477 e. The molecule has 0 spiro atoms. The molecule has 0 saturated heterocycles. The number of H-pyrrole nitrogens is 1. The predicted molar refractivity (Wildman–Crippen MR) is 78.4 cm³/mol. The number of hydrogen-bond acceptors (Lipinski definition) is 5. The summed E-state index contributed by atoms with van der Waals surface area (Å²) in [5.74, 6) is 0.967. The van der Waals surface area contributed by atoms with Crippen LogP contribution in [0.5, 0.6) is 5.88 Å². The van der Waals surface area contributed by atoms with Gasteiger partial charge in [-0.05, 0) is 18.6 Å².